The maximum Gasteiger partial charge on any atom is 0.226 e. The summed E-state index contributed by atoms with van der Waals surface area (Å²) in [4.78, 5) is 13.9. The lowest BCUT2D eigenvalue weighted by atomic mass is 10.1. The fraction of sp³-hybridized carbons (Fsp3) is 0.917. The van der Waals surface area contributed by atoms with Gasteiger partial charge in [-0.05, 0) is 20.3 Å². The molecule has 1 amide bonds. The molecule has 15 heavy (non-hydrogen) atoms. The molecule has 0 aliphatic heterocycles. The molecule has 0 aliphatic carbocycles. The highest BCUT2D eigenvalue weighted by Crippen LogP contribution is 2.08. The Hall–Kier alpha value is -0.570. The average Bonchev–Trinajstić information content (AvgIpc) is 2.22. The molecule has 0 rings (SSSR count). The van der Waals surface area contributed by atoms with Crippen LogP contribution >= 0.6 is 0 Å². The van der Waals surface area contributed by atoms with E-state index in [1.807, 2.05) is 11.8 Å². The van der Waals surface area contributed by atoms with Gasteiger partial charge in [0.15, 0.2) is 0 Å². The van der Waals surface area contributed by atoms with Crippen LogP contribution in [0.1, 0.15) is 47.0 Å². The van der Waals surface area contributed by atoms with Crippen molar-refractivity contribution >= 4 is 5.91 Å². The first-order chi connectivity index (χ1) is 7.04. The largest absolute Gasteiger partial charge is 0.340 e. The second kappa shape index (κ2) is 7.69. The predicted octanol–water partition coefficient (Wildman–Crippen LogP) is 2.01. The van der Waals surface area contributed by atoms with Gasteiger partial charge >= 0.3 is 0 Å². The van der Waals surface area contributed by atoms with E-state index in [4.69, 9.17) is 5.73 Å². The molecule has 0 fully saturated rings. The van der Waals surface area contributed by atoms with Crippen molar-refractivity contribution < 1.29 is 4.79 Å². The Labute approximate surface area is 94.0 Å². The first kappa shape index (κ1) is 14.4. The summed E-state index contributed by atoms with van der Waals surface area (Å²) in [5.41, 5.74) is 5.52. The van der Waals surface area contributed by atoms with Crippen LogP contribution in [-0.2, 0) is 4.79 Å². The fourth-order valence-electron chi connectivity index (χ4n) is 1.54. The van der Waals surface area contributed by atoms with Gasteiger partial charge in [0.1, 0.15) is 0 Å². The molecule has 0 aromatic rings. The van der Waals surface area contributed by atoms with Crippen LogP contribution in [0.2, 0.25) is 0 Å². The van der Waals surface area contributed by atoms with Crippen LogP contribution in [0.25, 0.3) is 0 Å². The van der Waals surface area contributed by atoms with Crippen LogP contribution in [0.5, 0.6) is 0 Å². The quantitative estimate of drug-likeness (QED) is 0.659. The Morgan fingerprint density at radius 1 is 1.27 bits per heavy atom. The van der Waals surface area contributed by atoms with E-state index in [-0.39, 0.29) is 17.9 Å². The Balaban J connectivity index is 4.19. The molecule has 0 bridgehead atoms. The highest BCUT2D eigenvalue weighted by atomic mass is 16.2. The van der Waals surface area contributed by atoms with E-state index in [0.717, 1.165) is 13.0 Å². The smallest absolute Gasteiger partial charge is 0.226 e. The normalized spacial score (nSPS) is 12.9. The van der Waals surface area contributed by atoms with Gasteiger partial charge in [-0.15, -0.1) is 0 Å². The van der Waals surface area contributed by atoms with Gasteiger partial charge in [-0.1, -0.05) is 26.7 Å². The Kier molecular flexibility index (Phi) is 7.39. The first-order valence-corrected chi connectivity index (χ1v) is 6.05. The van der Waals surface area contributed by atoms with E-state index in [1.54, 1.807) is 0 Å². The molecule has 0 saturated carbocycles. The van der Waals surface area contributed by atoms with Gasteiger partial charge in [0.25, 0.3) is 0 Å². The number of carbonyl (C=O) groups excluding carboxylic acids is 1. The molecule has 0 radical (unpaired) electrons. The Morgan fingerprint density at radius 3 is 2.27 bits per heavy atom. The second-order valence-electron chi connectivity index (χ2n) is 4.47. The molecule has 0 aromatic carbocycles. The van der Waals surface area contributed by atoms with Crippen molar-refractivity contribution in [2.24, 2.45) is 11.7 Å². The molecule has 0 aliphatic rings. The van der Waals surface area contributed by atoms with Crippen molar-refractivity contribution in [2.45, 2.75) is 53.0 Å². The predicted molar refractivity (Wildman–Crippen MR) is 64.6 cm³/mol. The SMILES string of the molecule is CCCCCN(C(=O)C(C)CN)C(C)C. The van der Waals surface area contributed by atoms with Crippen LogP contribution in [0, 0.1) is 5.92 Å². The highest BCUT2D eigenvalue weighted by molar-refractivity contribution is 5.78. The van der Waals surface area contributed by atoms with E-state index in [9.17, 15) is 4.79 Å². The lowest BCUT2D eigenvalue weighted by Crippen LogP contribution is -2.42. The van der Waals surface area contributed by atoms with Gasteiger partial charge in [0.2, 0.25) is 5.91 Å². The molecule has 0 aromatic heterocycles. The summed E-state index contributed by atoms with van der Waals surface area (Å²) < 4.78 is 0. The zero-order valence-corrected chi connectivity index (χ0v) is 10.6. The van der Waals surface area contributed by atoms with Crippen LogP contribution in [0.4, 0.5) is 0 Å². The van der Waals surface area contributed by atoms with E-state index in [0.29, 0.717) is 6.54 Å². The average molecular weight is 214 g/mol. The standard InChI is InChI=1S/C12H26N2O/c1-5-6-7-8-14(10(2)3)12(15)11(4)9-13/h10-11H,5-9,13H2,1-4H3. The zero-order chi connectivity index (χ0) is 11.8. The molecule has 90 valence electrons. The maximum absolute atomic E-state index is 12.0. The summed E-state index contributed by atoms with van der Waals surface area (Å²) in [7, 11) is 0. The van der Waals surface area contributed by atoms with Crippen LogP contribution in [-0.4, -0.2) is 29.9 Å². The number of nitrogens with zero attached hydrogens (tertiary/aromatic N) is 1. The third kappa shape index (κ3) is 5.17. The third-order valence-corrected chi connectivity index (χ3v) is 2.68. The summed E-state index contributed by atoms with van der Waals surface area (Å²) >= 11 is 0. The van der Waals surface area contributed by atoms with Crippen molar-refractivity contribution in [2.75, 3.05) is 13.1 Å². The van der Waals surface area contributed by atoms with Crippen molar-refractivity contribution in [3.05, 3.63) is 0 Å². The summed E-state index contributed by atoms with van der Waals surface area (Å²) in [5.74, 6) is 0.151. The minimum Gasteiger partial charge on any atom is -0.340 e. The van der Waals surface area contributed by atoms with Gasteiger partial charge in [-0.25, -0.2) is 0 Å². The van der Waals surface area contributed by atoms with Crippen molar-refractivity contribution in [1.82, 2.24) is 4.90 Å². The van der Waals surface area contributed by atoms with Crippen molar-refractivity contribution in [3.63, 3.8) is 0 Å². The summed E-state index contributed by atoms with van der Waals surface area (Å²) in [6.07, 6.45) is 3.47. The van der Waals surface area contributed by atoms with E-state index in [1.165, 1.54) is 12.8 Å². The molecular weight excluding hydrogens is 188 g/mol. The van der Waals surface area contributed by atoms with Crippen molar-refractivity contribution in [3.8, 4) is 0 Å². The minimum absolute atomic E-state index is 0.0472. The third-order valence-electron chi connectivity index (χ3n) is 2.68. The number of carbonyl (C=O) groups is 1. The molecular formula is C12H26N2O. The lowest BCUT2D eigenvalue weighted by Gasteiger charge is -2.29. The molecule has 1 unspecified atom stereocenters. The van der Waals surface area contributed by atoms with Crippen LogP contribution in [0.3, 0.4) is 0 Å². The molecule has 1 atom stereocenters. The lowest BCUT2D eigenvalue weighted by molar-refractivity contribution is -0.136. The number of amides is 1. The molecule has 0 saturated heterocycles. The molecule has 0 spiro atoms. The summed E-state index contributed by atoms with van der Waals surface area (Å²) in [6.45, 7) is 9.51. The molecule has 3 heteroatoms. The topological polar surface area (TPSA) is 46.3 Å². The maximum atomic E-state index is 12.0. The summed E-state index contributed by atoms with van der Waals surface area (Å²) in [6, 6.07) is 0.281. The molecule has 2 N–H and O–H groups in total. The van der Waals surface area contributed by atoms with E-state index < -0.39 is 0 Å². The Bertz CT molecular complexity index is 180. The van der Waals surface area contributed by atoms with Gasteiger partial charge < -0.3 is 10.6 Å². The summed E-state index contributed by atoms with van der Waals surface area (Å²) in [5, 5.41) is 0. The van der Waals surface area contributed by atoms with Crippen LogP contribution in [0.15, 0.2) is 0 Å². The molecule has 0 heterocycles. The van der Waals surface area contributed by atoms with E-state index in [2.05, 4.69) is 20.8 Å². The monoisotopic (exact) mass is 214 g/mol. The van der Waals surface area contributed by atoms with Crippen LogP contribution < -0.4 is 5.73 Å². The number of unbranched alkanes of at least 4 members (excludes halogenated alkanes) is 2. The van der Waals surface area contributed by atoms with Gasteiger partial charge in [0.05, 0.1) is 0 Å². The van der Waals surface area contributed by atoms with Gasteiger partial charge in [-0.3, -0.25) is 4.79 Å². The molecule has 3 nitrogen and oxygen atoms in total. The Morgan fingerprint density at radius 2 is 1.87 bits per heavy atom. The highest BCUT2D eigenvalue weighted by Gasteiger charge is 2.20. The number of hydrogen-bond donors (Lipinski definition) is 1. The van der Waals surface area contributed by atoms with Gasteiger partial charge in [-0.2, -0.15) is 0 Å². The van der Waals surface area contributed by atoms with Gasteiger partial charge in [0, 0.05) is 25.0 Å². The number of hydrogen-bond acceptors (Lipinski definition) is 2. The zero-order valence-electron chi connectivity index (χ0n) is 10.6. The second-order valence-corrected chi connectivity index (χ2v) is 4.47. The number of nitrogens with two attached hydrogens (primary N) is 1. The van der Waals surface area contributed by atoms with Crippen molar-refractivity contribution in [1.29, 1.82) is 0 Å². The first-order valence-electron chi connectivity index (χ1n) is 6.05. The number of rotatable bonds is 7. The fourth-order valence-corrected chi connectivity index (χ4v) is 1.54. The van der Waals surface area contributed by atoms with E-state index >= 15 is 0 Å². The minimum atomic E-state index is -0.0472.